The number of benzene rings is 2. The van der Waals surface area contributed by atoms with Crippen molar-refractivity contribution in [2.75, 3.05) is 37.8 Å². The fourth-order valence-corrected chi connectivity index (χ4v) is 3.15. The maximum Gasteiger partial charge on any atom is 0.333 e. The van der Waals surface area contributed by atoms with E-state index in [0.717, 1.165) is 42.3 Å². The third-order valence-corrected chi connectivity index (χ3v) is 4.60. The minimum Gasteiger partial charge on any atom is -0.492 e. The van der Waals surface area contributed by atoms with Crippen molar-refractivity contribution in [3.63, 3.8) is 0 Å². The number of ether oxygens (including phenoxy) is 3. The van der Waals surface area contributed by atoms with Crippen molar-refractivity contribution in [3.8, 4) is 11.5 Å². The van der Waals surface area contributed by atoms with Crippen LogP contribution in [0.15, 0.2) is 48.5 Å². The predicted molar refractivity (Wildman–Crippen MR) is 107 cm³/mol. The maximum absolute atomic E-state index is 11.3. The minimum atomic E-state index is -0.931. The fourth-order valence-electron chi connectivity index (χ4n) is 3.15. The molecule has 6 heteroatoms. The highest BCUT2D eigenvalue weighted by molar-refractivity contribution is 5.72. The van der Waals surface area contributed by atoms with Crippen LogP contribution in [0.4, 0.5) is 5.69 Å². The zero-order valence-corrected chi connectivity index (χ0v) is 16.2. The summed E-state index contributed by atoms with van der Waals surface area (Å²) in [6, 6.07) is 15.6. The van der Waals surface area contributed by atoms with Crippen molar-refractivity contribution in [1.29, 1.82) is 0 Å². The molecule has 2 aromatic rings. The van der Waals surface area contributed by atoms with Gasteiger partial charge in [0.15, 0.2) is 6.10 Å². The lowest BCUT2D eigenvalue weighted by atomic mass is 10.1. The largest absolute Gasteiger partial charge is 0.492 e. The Hall–Kier alpha value is -2.73. The lowest BCUT2D eigenvalue weighted by Gasteiger charge is -2.31. The highest BCUT2D eigenvalue weighted by Crippen LogP contribution is 2.30. The van der Waals surface area contributed by atoms with E-state index >= 15 is 0 Å². The van der Waals surface area contributed by atoms with Gasteiger partial charge in [-0.05, 0) is 36.2 Å². The monoisotopic (exact) mass is 385 g/mol. The van der Waals surface area contributed by atoms with Crippen LogP contribution in [-0.4, -0.2) is 50.1 Å². The van der Waals surface area contributed by atoms with Crippen molar-refractivity contribution < 1.29 is 24.1 Å². The van der Waals surface area contributed by atoms with E-state index in [1.54, 1.807) is 0 Å². The first-order valence-corrected chi connectivity index (χ1v) is 9.70. The van der Waals surface area contributed by atoms with E-state index in [4.69, 9.17) is 14.2 Å². The van der Waals surface area contributed by atoms with E-state index in [0.29, 0.717) is 26.2 Å². The maximum atomic E-state index is 11.3. The third kappa shape index (κ3) is 5.39. The van der Waals surface area contributed by atoms with Gasteiger partial charge < -0.3 is 24.2 Å². The van der Waals surface area contributed by atoms with Gasteiger partial charge in [0.25, 0.3) is 0 Å². The molecule has 0 aromatic heterocycles. The Balaban J connectivity index is 1.49. The number of para-hydroxylation sites is 2. The molecule has 0 amide bonds. The van der Waals surface area contributed by atoms with E-state index in [-0.39, 0.29) is 0 Å². The van der Waals surface area contributed by atoms with Gasteiger partial charge in [0, 0.05) is 13.0 Å². The van der Waals surface area contributed by atoms with Crippen LogP contribution in [0.5, 0.6) is 11.5 Å². The zero-order valence-electron chi connectivity index (χ0n) is 16.2. The number of carboxylic acids is 1. The van der Waals surface area contributed by atoms with E-state index in [1.807, 2.05) is 49.4 Å². The molecule has 150 valence electrons. The molecular formula is C22H27NO5. The summed E-state index contributed by atoms with van der Waals surface area (Å²) in [5.74, 6) is 0.752. The smallest absolute Gasteiger partial charge is 0.333 e. The highest BCUT2D eigenvalue weighted by atomic mass is 16.5. The Morgan fingerprint density at radius 3 is 2.71 bits per heavy atom. The van der Waals surface area contributed by atoms with Crippen LogP contribution in [0, 0.1) is 0 Å². The summed E-state index contributed by atoms with van der Waals surface area (Å²) in [7, 11) is 0. The zero-order chi connectivity index (χ0) is 19.8. The number of fused-ring (bicyclic) bond motifs is 1. The van der Waals surface area contributed by atoms with Crippen LogP contribution in [0.2, 0.25) is 0 Å². The second-order valence-corrected chi connectivity index (χ2v) is 6.70. The van der Waals surface area contributed by atoms with Gasteiger partial charge in [0.1, 0.15) is 24.7 Å². The second-order valence-electron chi connectivity index (χ2n) is 6.70. The first-order valence-electron chi connectivity index (χ1n) is 9.70. The van der Waals surface area contributed by atoms with Gasteiger partial charge in [0.05, 0.1) is 18.8 Å². The van der Waals surface area contributed by atoms with Crippen LogP contribution in [0.1, 0.15) is 18.9 Å². The van der Waals surface area contributed by atoms with Gasteiger partial charge in [-0.25, -0.2) is 4.79 Å². The quantitative estimate of drug-likeness (QED) is 0.676. The molecule has 1 aliphatic heterocycles. The molecule has 0 aliphatic carbocycles. The first-order chi connectivity index (χ1) is 13.7. The normalized spacial score (nSPS) is 14.1. The molecule has 1 heterocycles. The van der Waals surface area contributed by atoms with Crippen molar-refractivity contribution >= 4 is 11.7 Å². The molecule has 3 rings (SSSR count). The Bertz CT molecular complexity index is 762. The standard InChI is InChI=1S/C22H27NO5/c1-2-13-27-21(22(24)25)16-17-7-9-18(10-8-17)26-14-11-23-12-15-28-20-6-4-3-5-19(20)23/h3-10,21H,2,11-16H2,1H3,(H,24,25)/t21-/m0/s1. The summed E-state index contributed by atoms with van der Waals surface area (Å²) >= 11 is 0. The Kier molecular flexibility index (Phi) is 7.14. The van der Waals surface area contributed by atoms with Crippen molar-refractivity contribution in [2.24, 2.45) is 0 Å². The third-order valence-electron chi connectivity index (χ3n) is 4.60. The van der Waals surface area contributed by atoms with Gasteiger partial charge in [-0.2, -0.15) is 0 Å². The molecule has 2 aromatic carbocycles. The van der Waals surface area contributed by atoms with Crippen LogP contribution in [0.25, 0.3) is 0 Å². The van der Waals surface area contributed by atoms with Crippen LogP contribution >= 0.6 is 0 Å². The highest BCUT2D eigenvalue weighted by Gasteiger charge is 2.19. The lowest BCUT2D eigenvalue weighted by Crippen LogP contribution is -2.35. The number of hydrogen-bond acceptors (Lipinski definition) is 5. The molecule has 0 saturated carbocycles. The average Bonchev–Trinajstić information content (AvgIpc) is 2.72. The molecule has 0 radical (unpaired) electrons. The summed E-state index contributed by atoms with van der Waals surface area (Å²) < 4.78 is 16.9. The SMILES string of the molecule is CCCO[C@@H](Cc1ccc(OCCN2CCOc3ccccc32)cc1)C(=O)O. The average molecular weight is 385 g/mol. The van der Waals surface area contributed by atoms with E-state index in [2.05, 4.69) is 11.0 Å². The van der Waals surface area contributed by atoms with E-state index in [9.17, 15) is 9.90 Å². The van der Waals surface area contributed by atoms with E-state index < -0.39 is 12.1 Å². The van der Waals surface area contributed by atoms with Crippen molar-refractivity contribution in [2.45, 2.75) is 25.9 Å². The number of anilines is 1. The van der Waals surface area contributed by atoms with E-state index in [1.165, 1.54) is 0 Å². The van der Waals surface area contributed by atoms with Gasteiger partial charge in [-0.1, -0.05) is 31.2 Å². The molecule has 28 heavy (non-hydrogen) atoms. The summed E-state index contributed by atoms with van der Waals surface area (Å²) in [6.45, 7) is 5.26. The molecule has 0 fully saturated rings. The molecule has 0 spiro atoms. The van der Waals surface area contributed by atoms with Gasteiger partial charge >= 0.3 is 5.97 Å². The molecule has 0 bridgehead atoms. The first kappa shape index (κ1) is 20.0. The summed E-state index contributed by atoms with van der Waals surface area (Å²) in [5, 5.41) is 9.26. The van der Waals surface area contributed by atoms with Crippen molar-refractivity contribution in [1.82, 2.24) is 0 Å². The second kappa shape index (κ2) is 9.99. The lowest BCUT2D eigenvalue weighted by molar-refractivity contribution is -0.150. The number of aliphatic carboxylic acids is 1. The molecule has 6 nitrogen and oxygen atoms in total. The summed E-state index contributed by atoms with van der Waals surface area (Å²) in [5.41, 5.74) is 2.01. The number of carboxylic acid groups (broad SMARTS) is 1. The molecule has 1 N–H and O–H groups in total. The molecule has 0 unspecified atom stereocenters. The van der Waals surface area contributed by atoms with Crippen LogP contribution in [-0.2, 0) is 16.0 Å². The molecule has 0 saturated heterocycles. The molecule has 1 atom stereocenters. The molecule has 1 aliphatic rings. The molecular weight excluding hydrogens is 358 g/mol. The van der Waals surface area contributed by atoms with Gasteiger partial charge in [-0.15, -0.1) is 0 Å². The Labute approximate surface area is 165 Å². The minimum absolute atomic E-state index is 0.347. The van der Waals surface area contributed by atoms with Crippen LogP contribution in [0.3, 0.4) is 0 Å². The fraction of sp³-hybridized carbons (Fsp3) is 0.409. The van der Waals surface area contributed by atoms with Gasteiger partial charge in [-0.3, -0.25) is 0 Å². The number of hydrogen-bond donors (Lipinski definition) is 1. The Morgan fingerprint density at radius 1 is 1.18 bits per heavy atom. The summed E-state index contributed by atoms with van der Waals surface area (Å²) in [4.78, 5) is 13.6. The number of nitrogens with zero attached hydrogens (tertiary/aromatic N) is 1. The predicted octanol–water partition coefficient (Wildman–Crippen LogP) is 3.39. The Morgan fingerprint density at radius 2 is 1.96 bits per heavy atom. The number of rotatable bonds is 10. The summed E-state index contributed by atoms with van der Waals surface area (Å²) in [6.07, 6.45) is 0.331. The topological polar surface area (TPSA) is 68.2 Å². The van der Waals surface area contributed by atoms with Crippen LogP contribution < -0.4 is 14.4 Å². The van der Waals surface area contributed by atoms with Crippen molar-refractivity contribution in [3.05, 3.63) is 54.1 Å². The number of carbonyl (C=O) groups is 1. The van der Waals surface area contributed by atoms with Gasteiger partial charge in [0.2, 0.25) is 0 Å².